The van der Waals surface area contributed by atoms with Crippen molar-refractivity contribution in [2.75, 3.05) is 25.0 Å². The molecular formula is C64H68FeN4O15. The molecule has 2 saturated carbocycles. The van der Waals surface area contributed by atoms with Gasteiger partial charge in [0.25, 0.3) is 5.91 Å². The Labute approximate surface area is 497 Å². The van der Waals surface area contributed by atoms with E-state index in [0.717, 1.165) is 5.56 Å². The molecule has 1 aliphatic heterocycles. The van der Waals surface area contributed by atoms with Gasteiger partial charge in [0.1, 0.15) is 47.2 Å². The van der Waals surface area contributed by atoms with Gasteiger partial charge < -0.3 is 49.4 Å². The number of benzene rings is 5. The van der Waals surface area contributed by atoms with Crippen molar-refractivity contribution in [2.24, 2.45) is 32.7 Å². The number of hydrogen-bond acceptors (Lipinski definition) is 17. The summed E-state index contributed by atoms with van der Waals surface area (Å²) in [6.45, 7) is 11.4. The van der Waals surface area contributed by atoms with Gasteiger partial charge in [-0.2, -0.15) is 0 Å². The van der Waals surface area contributed by atoms with Crippen molar-refractivity contribution in [1.82, 2.24) is 5.32 Å². The van der Waals surface area contributed by atoms with Gasteiger partial charge in [0.2, 0.25) is 6.10 Å². The molecule has 0 aromatic heterocycles. The zero-order chi connectivity index (χ0) is 59.6. The number of aliphatic hydroxyl groups excluding tert-OH is 1. The summed E-state index contributed by atoms with van der Waals surface area (Å²) in [7, 11) is 0. The van der Waals surface area contributed by atoms with Crippen LogP contribution < -0.4 is 10.6 Å². The number of Topliss-reactive ketones (excluding diaryl/α,β-unsaturated/α-hetero) is 1. The summed E-state index contributed by atoms with van der Waals surface area (Å²) in [4.78, 5) is 96.1. The van der Waals surface area contributed by atoms with Gasteiger partial charge in [-0.1, -0.05) is 99.1 Å². The number of aryl methyl sites for hydroxylation is 1. The number of carbonyl (C=O) groups is 6. The molecule has 4 aliphatic rings. The van der Waals surface area contributed by atoms with Gasteiger partial charge in [0.15, 0.2) is 5.60 Å². The molecule has 3 aliphatic carbocycles. The van der Waals surface area contributed by atoms with E-state index in [9.17, 15) is 39.6 Å². The van der Waals surface area contributed by atoms with Crippen LogP contribution in [0.25, 0.3) is 0 Å². The molecule has 0 unspecified atom stereocenters. The summed E-state index contributed by atoms with van der Waals surface area (Å²) >= 11 is 0. The SMILES string of the molecule is CC(=O)O[C@@]12CO[C@@H]1C[C@H](O)[C@@]1(C)C(=O)[C@H](C)C3=C(C)[C@@H](OC(=O)[C@H](OC(=O)Nc4ccc(O)c(C=NCCN=Cc5cc(C)ccc5O)c4)[C@@H](NC(=O)c4ccccc4)c4ccccc4)C[C@@](O)([C@@H](OC(=O)c4ccccc4)[C@H]21)C3(C)C.[Fe]. The quantitative estimate of drug-likeness (QED) is 0.0104. The summed E-state index contributed by atoms with van der Waals surface area (Å²) in [5, 5.41) is 52.7. The molecule has 9 rings (SSSR count). The number of ketones is 1. The zero-order valence-corrected chi connectivity index (χ0v) is 48.6. The Morgan fingerprint density at radius 2 is 1.38 bits per heavy atom. The van der Waals surface area contributed by atoms with Crippen LogP contribution in [0.15, 0.2) is 149 Å². The first-order valence-electron chi connectivity index (χ1n) is 27.4. The molecule has 0 spiro atoms. The Bertz CT molecular complexity index is 3400. The van der Waals surface area contributed by atoms with Crippen LogP contribution in [0, 0.1) is 29.6 Å². The topological polar surface area (TPSA) is 278 Å². The minimum absolute atomic E-state index is 0. The average Bonchev–Trinajstić information content (AvgIpc) is 0.686. The summed E-state index contributed by atoms with van der Waals surface area (Å²) in [6.07, 6.45) is -6.59. The van der Waals surface area contributed by atoms with Crippen LogP contribution in [-0.2, 0) is 55.1 Å². The van der Waals surface area contributed by atoms with E-state index < -0.39 is 113 Å². The Kier molecular flexibility index (Phi) is 18.5. The first kappa shape index (κ1) is 62.1. The third-order valence-corrected chi connectivity index (χ3v) is 17.0. The minimum atomic E-state index is -2.32. The zero-order valence-electron chi connectivity index (χ0n) is 47.5. The number of aliphatic hydroxyl groups is 2. The molecule has 0 radical (unpaired) electrons. The number of aromatic hydroxyl groups is 2. The predicted molar refractivity (Wildman–Crippen MR) is 305 cm³/mol. The number of nitrogens with zero attached hydrogens (tertiary/aromatic N) is 2. The fourth-order valence-electron chi connectivity index (χ4n) is 12.8. The van der Waals surface area contributed by atoms with E-state index in [1.807, 2.05) is 6.92 Å². The van der Waals surface area contributed by atoms with Crippen molar-refractivity contribution in [3.63, 3.8) is 0 Å². The predicted octanol–water partition coefficient (Wildman–Crippen LogP) is 7.95. The number of rotatable bonds is 16. The van der Waals surface area contributed by atoms with Gasteiger partial charge in [-0.15, -0.1) is 0 Å². The first-order chi connectivity index (χ1) is 39.5. The molecule has 3 fully saturated rings. The number of aliphatic imine (C=N–C) groups is 2. The number of amides is 2. The average molecular weight is 1190 g/mol. The summed E-state index contributed by atoms with van der Waals surface area (Å²) in [5.74, 6) is -6.69. The number of hydrogen-bond donors (Lipinski definition) is 6. The summed E-state index contributed by atoms with van der Waals surface area (Å²) in [5.41, 5.74) is -4.32. The van der Waals surface area contributed by atoms with Gasteiger partial charge in [-0.3, -0.25) is 29.7 Å². The van der Waals surface area contributed by atoms with E-state index >= 15 is 9.59 Å². The van der Waals surface area contributed by atoms with E-state index in [1.54, 1.807) is 131 Å². The van der Waals surface area contributed by atoms with Crippen molar-refractivity contribution < 1.29 is 89.9 Å². The Hall–Kier alpha value is -8.00. The maximum atomic E-state index is 15.6. The third kappa shape index (κ3) is 11.9. The van der Waals surface area contributed by atoms with Crippen molar-refractivity contribution >= 4 is 53.8 Å². The second-order valence-electron chi connectivity index (χ2n) is 22.5. The maximum absolute atomic E-state index is 15.6. The van der Waals surface area contributed by atoms with Crippen molar-refractivity contribution in [1.29, 1.82) is 0 Å². The molecule has 6 N–H and O–H groups in total. The third-order valence-electron chi connectivity index (χ3n) is 17.0. The standard InChI is InChI=1S/C64H68N4O15.Fe/c1-36-23-25-46(70)43(29-36)33-65-27-28-66-34-44-30-45(24-26-47(44)71)67-60(77)81-53(52(40-17-11-8-12-18-40)68-57(74)41-19-13-9-14-20-41)59(76)80-48-32-64(78)56(82-58(75)42-21-15-10-16-22-42)54-62(7,55(73)38(3)51(37(48)2)61(64,5)6)49(72)31-50-63(54,35-79-50)83-39(4)69;/h8-26,29-30,33-34,38,48-50,52-54,56,70-72,78H,27-28,31-32,35H2,1-7H3,(H,67,77)(H,68,74);/t38-,48+,49+,50-,52+,53-,54+,56+,62-,63+,64-;/m1./s1. The van der Waals surface area contributed by atoms with E-state index in [0.29, 0.717) is 22.3 Å². The fourth-order valence-corrected chi connectivity index (χ4v) is 12.8. The number of esters is 3. The number of phenols is 2. The van der Waals surface area contributed by atoms with Gasteiger partial charge in [0.05, 0.1) is 42.7 Å². The molecule has 1 saturated heterocycles. The largest absolute Gasteiger partial charge is 0.507 e. The van der Waals surface area contributed by atoms with Crippen LogP contribution in [0.2, 0.25) is 0 Å². The molecule has 442 valence electrons. The number of anilines is 1. The molecule has 11 atom stereocenters. The number of nitrogens with one attached hydrogen (secondary N) is 2. The van der Waals surface area contributed by atoms with Crippen LogP contribution >= 0.6 is 0 Å². The van der Waals surface area contributed by atoms with E-state index in [-0.39, 0.29) is 77.1 Å². The fraction of sp³-hybridized carbons (Fsp3) is 0.375. The number of carbonyl (C=O) groups excluding carboxylic acids is 6. The van der Waals surface area contributed by atoms with Crippen LogP contribution in [0.5, 0.6) is 11.5 Å². The number of phenolic OH excluding ortho intramolecular Hbond substituents is 2. The molecular weight excluding hydrogens is 1120 g/mol. The molecule has 84 heavy (non-hydrogen) atoms. The van der Waals surface area contributed by atoms with Crippen LogP contribution in [0.4, 0.5) is 10.5 Å². The smallest absolute Gasteiger partial charge is 0.412 e. The Morgan fingerprint density at radius 1 is 0.798 bits per heavy atom. The summed E-state index contributed by atoms with van der Waals surface area (Å²) in [6, 6.07) is 32.2. The molecule has 2 amide bonds. The molecule has 2 bridgehead atoms. The van der Waals surface area contributed by atoms with E-state index in [1.165, 1.54) is 50.4 Å². The monoisotopic (exact) mass is 1190 g/mol. The Morgan fingerprint density at radius 3 is 1.98 bits per heavy atom. The van der Waals surface area contributed by atoms with Crippen molar-refractivity contribution in [3.05, 3.63) is 172 Å². The molecule has 19 nitrogen and oxygen atoms in total. The number of fused-ring (bicyclic) bond motifs is 5. The van der Waals surface area contributed by atoms with Crippen LogP contribution in [0.1, 0.15) is 103 Å². The van der Waals surface area contributed by atoms with Crippen molar-refractivity contribution in [3.8, 4) is 11.5 Å². The van der Waals surface area contributed by atoms with Gasteiger partial charge in [0, 0.05) is 83.0 Å². The first-order valence-corrected chi connectivity index (χ1v) is 27.4. The van der Waals surface area contributed by atoms with Crippen molar-refractivity contribution in [2.45, 2.75) is 109 Å². The second kappa shape index (κ2) is 25.1. The van der Waals surface area contributed by atoms with E-state index in [2.05, 4.69) is 20.6 Å². The second-order valence-corrected chi connectivity index (χ2v) is 22.5. The number of ether oxygens (including phenoxy) is 5. The van der Waals surface area contributed by atoms with Gasteiger partial charge in [-0.25, -0.2) is 14.4 Å². The van der Waals surface area contributed by atoms with Gasteiger partial charge >= 0.3 is 24.0 Å². The molecule has 5 aromatic carbocycles. The van der Waals surface area contributed by atoms with Gasteiger partial charge in [-0.05, 0) is 92.1 Å². The maximum Gasteiger partial charge on any atom is 0.412 e. The Balaban J connectivity index is 0.00000920. The molecule has 1 heterocycles. The minimum Gasteiger partial charge on any atom is -0.507 e. The molecule has 20 heteroatoms. The molecule has 5 aromatic rings. The van der Waals surface area contributed by atoms with E-state index in [4.69, 9.17) is 23.7 Å². The van der Waals surface area contributed by atoms with Crippen LogP contribution in [-0.4, -0.2) is 130 Å². The normalized spacial score (nSPS) is 26.6. The van der Waals surface area contributed by atoms with Crippen LogP contribution in [0.3, 0.4) is 0 Å². The summed E-state index contributed by atoms with van der Waals surface area (Å²) < 4.78 is 31.3.